The fourth-order valence-electron chi connectivity index (χ4n) is 3.70. The zero-order chi connectivity index (χ0) is 19.5. The zero-order valence-electron chi connectivity index (χ0n) is 15.4. The molecule has 1 aliphatic rings. The van der Waals surface area contributed by atoms with Crippen molar-refractivity contribution in [3.63, 3.8) is 0 Å². The van der Waals surface area contributed by atoms with E-state index in [-0.39, 0.29) is 0 Å². The van der Waals surface area contributed by atoms with Gasteiger partial charge in [0.15, 0.2) is 5.65 Å². The second kappa shape index (κ2) is 8.87. The topological polar surface area (TPSA) is 56.8 Å². The number of hydrogen-bond acceptors (Lipinski definition) is 4. The number of rotatable bonds is 6. The van der Waals surface area contributed by atoms with Crippen LogP contribution in [-0.4, -0.2) is 40.6 Å². The maximum absolute atomic E-state index is 6.07. The average molecular weight is 439 g/mol. The summed E-state index contributed by atoms with van der Waals surface area (Å²) < 4.78 is 0. The summed E-state index contributed by atoms with van der Waals surface area (Å²) in [5.74, 6) is 0.866. The number of benzene rings is 1. The van der Waals surface area contributed by atoms with Gasteiger partial charge in [-0.25, -0.2) is 4.98 Å². The molecule has 0 amide bonds. The van der Waals surface area contributed by atoms with Crippen LogP contribution in [0.5, 0.6) is 0 Å². The van der Waals surface area contributed by atoms with Crippen molar-refractivity contribution in [3.8, 4) is 0 Å². The largest absolute Gasteiger partial charge is 0.341 e. The summed E-state index contributed by atoms with van der Waals surface area (Å²) in [5.41, 5.74) is 2.76. The first-order valence-corrected chi connectivity index (χ1v) is 10.7. The lowest BCUT2D eigenvalue weighted by Gasteiger charge is -2.33. The molecule has 4 rings (SSSR count). The first-order chi connectivity index (χ1) is 13.6. The third-order valence-corrected chi connectivity index (χ3v) is 5.66. The molecule has 0 saturated carbocycles. The van der Waals surface area contributed by atoms with Gasteiger partial charge in [0.2, 0.25) is 5.95 Å². The Morgan fingerprint density at radius 2 is 1.93 bits per heavy atom. The molecule has 148 valence electrons. The minimum Gasteiger partial charge on any atom is -0.341 e. The van der Waals surface area contributed by atoms with Gasteiger partial charge in [0.05, 0.1) is 5.52 Å². The third kappa shape index (κ3) is 4.90. The predicted octanol–water partition coefficient (Wildman–Crippen LogP) is 5.11. The van der Waals surface area contributed by atoms with Gasteiger partial charge in [-0.15, -0.1) is 0 Å². The van der Waals surface area contributed by atoms with Gasteiger partial charge >= 0.3 is 0 Å². The SMILES string of the molecule is Clc1cc(Cl)cc(CCCN[C@H]2CCCN(c3nc4nc(Cl)ccc4[nH]3)C2)c1. The molecule has 1 fully saturated rings. The highest BCUT2D eigenvalue weighted by Gasteiger charge is 2.22. The Labute approximate surface area is 179 Å². The third-order valence-electron chi connectivity index (χ3n) is 5.02. The minimum absolute atomic E-state index is 0.446. The van der Waals surface area contributed by atoms with Crippen molar-refractivity contribution < 1.29 is 0 Å². The van der Waals surface area contributed by atoms with E-state index in [2.05, 4.69) is 25.2 Å². The van der Waals surface area contributed by atoms with E-state index in [1.54, 1.807) is 12.1 Å². The number of aryl methyl sites for hydroxylation is 1. The van der Waals surface area contributed by atoms with Crippen molar-refractivity contribution in [1.82, 2.24) is 20.3 Å². The molecule has 1 aromatic carbocycles. The number of imidazole rings is 1. The number of nitrogens with one attached hydrogen (secondary N) is 2. The Bertz CT molecular complexity index is 938. The lowest BCUT2D eigenvalue weighted by atomic mass is 10.1. The number of nitrogens with zero attached hydrogens (tertiary/aromatic N) is 3. The highest BCUT2D eigenvalue weighted by atomic mass is 35.5. The molecule has 1 saturated heterocycles. The zero-order valence-corrected chi connectivity index (χ0v) is 17.7. The molecule has 0 radical (unpaired) electrons. The van der Waals surface area contributed by atoms with Crippen molar-refractivity contribution in [2.45, 2.75) is 31.7 Å². The number of anilines is 1. The maximum Gasteiger partial charge on any atom is 0.205 e. The fourth-order valence-corrected chi connectivity index (χ4v) is 4.41. The molecule has 2 N–H and O–H groups in total. The predicted molar refractivity (Wildman–Crippen MR) is 117 cm³/mol. The Morgan fingerprint density at radius 1 is 1.11 bits per heavy atom. The Balaban J connectivity index is 1.29. The van der Waals surface area contributed by atoms with Crippen LogP contribution in [0.4, 0.5) is 5.95 Å². The second-order valence-corrected chi connectivity index (χ2v) is 8.45. The van der Waals surface area contributed by atoms with Gasteiger partial charge in [0.1, 0.15) is 5.15 Å². The summed E-state index contributed by atoms with van der Waals surface area (Å²) >= 11 is 18.1. The lowest BCUT2D eigenvalue weighted by Crippen LogP contribution is -2.46. The van der Waals surface area contributed by atoms with Gasteiger partial charge in [0, 0.05) is 29.2 Å². The van der Waals surface area contributed by atoms with Crippen molar-refractivity contribution in [3.05, 3.63) is 51.1 Å². The van der Waals surface area contributed by atoms with Gasteiger partial charge < -0.3 is 15.2 Å². The average Bonchev–Trinajstić information content (AvgIpc) is 3.08. The van der Waals surface area contributed by atoms with Crippen LogP contribution in [0.1, 0.15) is 24.8 Å². The second-order valence-electron chi connectivity index (χ2n) is 7.19. The van der Waals surface area contributed by atoms with E-state index < -0.39 is 0 Å². The fraction of sp³-hybridized carbons (Fsp3) is 0.400. The molecule has 8 heteroatoms. The molecule has 1 atom stereocenters. The summed E-state index contributed by atoms with van der Waals surface area (Å²) in [6, 6.07) is 9.88. The summed E-state index contributed by atoms with van der Waals surface area (Å²) in [6.45, 7) is 2.88. The van der Waals surface area contributed by atoms with Crippen LogP contribution in [0.15, 0.2) is 30.3 Å². The Kier molecular flexibility index (Phi) is 6.26. The standard InChI is InChI=1S/C20H22Cl3N5/c21-14-9-13(10-15(22)11-14)3-1-7-24-16-4-2-8-28(12-16)20-25-17-5-6-18(23)26-19(17)27-20/h5-6,9-11,16,24H,1-4,7-8,12H2,(H,25,26,27)/t16-/m0/s1. The summed E-state index contributed by atoms with van der Waals surface area (Å²) in [4.78, 5) is 14.5. The van der Waals surface area contributed by atoms with E-state index in [0.29, 0.717) is 26.9 Å². The van der Waals surface area contributed by atoms with E-state index in [0.717, 1.165) is 50.4 Å². The van der Waals surface area contributed by atoms with Crippen LogP contribution in [0.3, 0.4) is 0 Å². The smallest absolute Gasteiger partial charge is 0.205 e. The lowest BCUT2D eigenvalue weighted by molar-refractivity contribution is 0.417. The van der Waals surface area contributed by atoms with Gasteiger partial charge in [0.25, 0.3) is 0 Å². The first kappa shape index (κ1) is 19.8. The first-order valence-electron chi connectivity index (χ1n) is 9.52. The van der Waals surface area contributed by atoms with Gasteiger partial charge in [-0.1, -0.05) is 34.8 Å². The van der Waals surface area contributed by atoms with Gasteiger partial charge in [-0.2, -0.15) is 4.98 Å². The van der Waals surface area contributed by atoms with E-state index in [1.165, 1.54) is 12.0 Å². The summed E-state index contributed by atoms with van der Waals surface area (Å²) in [5, 5.41) is 5.53. The van der Waals surface area contributed by atoms with E-state index in [4.69, 9.17) is 34.8 Å². The molecule has 1 aliphatic heterocycles. The molecule has 28 heavy (non-hydrogen) atoms. The maximum atomic E-state index is 6.07. The molecule has 0 bridgehead atoms. The molecule has 3 aromatic rings. The van der Waals surface area contributed by atoms with E-state index in [9.17, 15) is 0 Å². The van der Waals surface area contributed by atoms with Gasteiger partial charge in [-0.3, -0.25) is 0 Å². The van der Waals surface area contributed by atoms with Crippen LogP contribution < -0.4 is 10.2 Å². The number of halogens is 3. The van der Waals surface area contributed by atoms with E-state index in [1.807, 2.05) is 18.2 Å². The Morgan fingerprint density at radius 3 is 2.75 bits per heavy atom. The monoisotopic (exact) mass is 437 g/mol. The van der Waals surface area contributed by atoms with Crippen LogP contribution in [0, 0.1) is 0 Å². The highest BCUT2D eigenvalue weighted by Crippen LogP contribution is 2.22. The molecule has 0 spiro atoms. The quantitative estimate of drug-likeness (QED) is 0.415. The molecule has 3 heterocycles. The number of hydrogen-bond donors (Lipinski definition) is 2. The number of fused-ring (bicyclic) bond motifs is 1. The van der Waals surface area contributed by atoms with Crippen LogP contribution in [-0.2, 0) is 6.42 Å². The Hall–Kier alpha value is -1.53. The molecule has 0 unspecified atom stereocenters. The number of aromatic amines is 1. The molecule has 2 aromatic heterocycles. The van der Waals surface area contributed by atoms with Crippen molar-refractivity contribution in [2.75, 3.05) is 24.5 Å². The van der Waals surface area contributed by atoms with Crippen LogP contribution in [0.25, 0.3) is 11.2 Å². The number of pyridine rings is 1. The normalized spacial score (nSPS) is 17.4. The van der Waals surface area contributed by atoms with Crippen molar-refractivity contribution >= 4 is 51.9 Å². The number of aromatic nitrogens is 3. The summed E-state index contributed by atoms with van der Waals surface area (Å²) in [6.07, 6.45) is 4.30. The van der Waals surface area contributed by atoms with Crippen LogP contribution in [0.2, 0.25) is 15.2 Å². The molecular formula is C20H22Cl3N5. The summed E-state index contributed by atoms with van der Waals surface area (Å²) in [7, 11) is 0. The van der Waals surface area contributed by atoms with E-state index >= 15 is 0 Å². The molecule has 5 nitrogen and oxygen atoms in total. The van der Waals surface area contributed by atoms with Crippen molar-refractivity contribution in [1.29, 1.82) is 0 Å². The van der Waals surface area contributed by atoms with Gasteiger partial charge in [-0.05, 0) is 68.1 Å². The highest BCUT2D eigenvalue weighted by molar-refractivity contribution is 6.34. The molecular weight excluding hydrogens is 417 g/mol. The minimum atomic E-state index is 0.446. The van der Waals surface area contributed by atoms with Crippen molar-refractivity contribution in [2.24, 2.45) is 0 Å². The number of H-pyrrole nitrogens is 1. The number of piperidine rings is 1. The molecule has 0 aliphatic carbocycles. The van der Waals surface area contributed by atoms with Crippen LogP contribution >= 0.6 is 34.8 Å².